The van der Waals surface area contributed by atoms with E-state index in [0.717, 1.165) is 32.1 Å². The van der Waals surface area contributed by atoms with Gasteiger partial charge in [0.05, 0.1) is 39.9 Å². The van der Waals surface area contributed by atoms with E-state index in [1.165, 1.54) is 327 Å². The summed E-state index contributed by atoms with van der Waals surface area (Å²) in [7, 11) is 1.59. The molecule has 0 aromatic carbocycles. The average Bonchev–Trinajstić information content (AvgIpc) is 3.43. The molecule has 0 aliphatic carbocycles. The molecule has 3 atom stereocenters. The Morgan fingerprint density at radius 2 is 0.667 bits per heavy atom. The molecule has 0 radical (unpaired) electrons. The van der Waals surface area contributed by atoms with Crippen molar-refractivity contribution in [3.8, 4) is 0 Å². The molecule has 0 heterocycles. The maximum absolute atomic E-state index is 13.0. The predicted molar refractivity (Wildman–Crippen MR) is 355 cm³/mol. The molecule has 0 spiro atoms. The number of amides is 1. The second kappa shape index (κ2) is 63.5. The molecule has 0 saturated carbocycles. The Labute approximate surface area is 506 Å². The van der Waals surface area contributed by atoms with Crippen LogP contribution in [0.2, 0.25) is 0 Å². The fourth-order valence-corrected chi connectivity index (χ4v) is 12.0. The summed E-state index contributed by atoms with van der Waals surface area (Å²) in [6.07, 6.45) is 83.5. The fourth-order valence-electron chi connectivity index (χ4n) is 11.3. The number of nitrogens with zero attached hydrogens (tertiary/aromatic N) is 1. The van der Waals surface area contributed by atoms with E-state index in [1.54, 1.807) is 6.08 Å². The average molecular weight is 1160 g/mol. The van der Waals surface area contributed by atoms with Crippen LogP contribution in [0.25, 0.3) is 0 Å². The highest BCUT2D eigenvalue weighted by Gasteiger charge is 2.28. The van der Waals surface area contributed by atoms with Gasteiger partial charge >= 0.3 is 7.82 Å². The summed E-state index contributed by atoms with van der Waals surface area (Å²) in [6, 6.07) is -0.844. The normalized spacial score (nSPS) is 13.7. The lowest BCUT2D eigenvalue weighted by atomic mass is 10.0. The maximum Gasteiger partial charge on any atom is 0.472 e. The summed E-state index contributed by atoms with van der Waals surface area (Å²) in [5.41, 5.74) is 0. The van der Waals surface area contributed by atoms with Crippen LogP contribution in [0.15, 0.2) is 24.3 Å². The Balaban J connectivity index is 3.86. The molecular formula is C72H144N2O6P+. The zero-order valence-corrected chi connectivity index (χ0v) is 56.2. The van der Waals surface area contributed by atoms with Crippen LogP contribution in [0, 0.1) is 0 Å². The van der Waals surface area contributed by atoms with Crippen LogP contribution < -0.4 is 5.32 Å². The zero-order valence-electron chi connectivity index (χ0n) is 55.3. The highest BCUT2D eigenvalue weighted by Crippen LogP contribution is 2.43. The minimum atomic E-state index is -4.35. The van der Waals surface area contributed by atoms with Gasteiger partial charge in [-0.3, -0.25) is 13.8 Å². The Morgan fingerprint density at radius 1 is 0.407 bits per heavy atom. The van der Waals surface area contributed by atoms with Gasteiger partial charge in [-0.2, -0.15) is 0 Å². The number of aliphatic hydroxyl groups excluding tert-OH is 1. The van der Waals surface area contributed by atoms with E-state index >= 15 is 0 Å². The van der Waals surface area contributed by atoms with Gasteiger partial charge in [0.15, 0.2) is 0 Å². The van der Waals surface area contributed by atoms with E-state index in [9.17, 15) is 19.4 Å². The van der Waals surface area contributed by atoms with Crippen LogP contribution >= 0.6 is 7.82 Å². The minimum absolute atomic E-state index is 0.0647. The molecule has 8 nitrogen and oxygen atoms in total. The van der Waals surface area contributed by atoms with Gasteiger partial charge in [0.25, 0.3) is 0 Å². The molecule has 0 aliphatic heterocycles. The van der Waals surface area contributed by atoms with Crippen LogP contribution in [0.3, 0.4) is 0 Å². The van der Waals surface area contributed by atoms with Crippen molar-refractivity contribution in [2.75, 3.05) is 40.9 Å². The first kappa shape index (κ1) is 80.0. The largest absolute Gasteiger partial charge is 0.472 e. The lowest BCUT2D eigenvalue weighted by Crippen LogP contribution is -2.45. The first-order valence-electron chi connectivity index (χ1n) is 36.2. The van der Waals surface area contributed by atoms with Crippen molar-refractivity contribution in [3.63, 3.8) is 0 Å². The van der Waals surface area contributed by atoms with Crippen molar-refractivity contribution in [2.45, 2.75) is 392 Å². The number of aliphatic hydroxyl groups is 1. The molecule has 0 aromatic heterocycles. The summed E-state index contributed by atoms with van der Waals surface area (Å²) in [4.78, 5) is 23.4. The second-order valence-corrected chi connectivity index (χ2v) is 27.8. The van der Waals surface area contributed by atoms with Gasteiger partial charge in [0, 0.05) is 6.42 Å². The van der Waals surface area contributed by atoms with Gasteiger partial charge in [-0.05, 0) is 44.9 Å². The number of rotatable bonds is 68. The number of unbranched alkanes of at least 4 members (excludes halogenated alkanes) is 53. The molecule has 3 N–H and O–H groups in total. The Kier molecular flexibility index (Phi) is 62.7. The highest BCUT2D eigenvalue weighted by molar-refractivity contribution is 7.47. The molecular weight excluding hydrogens is 1020 g/mol. The molecule has 482 valence electrons. The molecule has 0 bridgehead atoms. The van der Waals surface area contributed by atoms with E-state index in [-0.39, 0.29) is 19.1 Å². The number of hydrogen-bond acceptors (Lipinski definition) is 5. The standard InChI is InChI=1S/C72H143N2O6P/c1-6-8-10-12-14-16-18-20-22-24-26-27-28-29-30-31-32-33-34-35-36-37-38-39-40-41-42-43-44-45-46-47-48-50-52-54-56-58-60-62-64-66-72(76)73-70(69-80-81(77,78)79-68-67-74(3,4)5)71(75)65-63-61-59-57-55-53-51-49-25-23-21-19-17-15-13-11-9-7-2/h24,26,63,65,70-71,75H,6-23,25,27-62,64,66-69H2,1-5H3,(H-,73,76,77,78)/p+1/b26-24-,65-63+. The number of hydrogen-bond donors (Lipinski definition) is 3. The van der Waals surface area contributed by atoms with Crippen molar-refractivity contribution < 1.29 is 32.9 Å². The highest BCUT2D eigenvalue weighted by atomic mass is 31.2. The molecule has 9 heteroatoms. The molecule has 0 fully saturated rings. The minimum Gasteiger partial charge on any atom is -0.387 e. The summed E-state index contributed by atoms with van der Waals surface area (Å²) < 4.78 is 23.8. The van der Waals surface area contributed by atoms with Crippen LogP contribution in [-0.2, 0) is 18.4 Å². The van der Waals surface area contributed by atoms with Crippen LogP contribution in [0.4, 0.5) is 0 Å². The van der Waals surface area contributed by atoms with Crippen molar-refractivity contribution in [1.82, 2.24) is 5.32 Å². The molecule has 1 amide bonds. The van der Waals surface area contributed by atoms with Gasteiger partial charge in [-0.1, -0.05) is 353 Å². The monoisotopic (exact) mass is 1160 g/mol. The quantitative estimate of drug-likeness (QED) is 0.0243. The second-order valence-electron chi connectivity index (χ2n) is 26.3. The van der Waals surface area contributed by atoms with E-state index in [1.807, 2.05) is 27.2 Å². The first-order valence-corrected chi connectivity index (χ1v) is 37.7. The predicted octanol–water partition coefficient (Wildman–Crippen LogP) is 23.1. The van der Waals surface area contributed by atoms with Crippen molar-refractivity contribution in [1.29, 1.82) is 0 Å². The Bertz CT molecular complexity index is 1370. The summed E-state index contributed by atoms with van der Waals surface area (Å²) in [6.45, 7) is 4.87. The first-order chi connectivity index (χ1) is 39.5. The van der Waals surface area contributed by atoms with Crippen molar-refractivity contribution >= 4 is 13.7 Å². The molecule has 0 rings (SSSR count). The molecule has 0 aliphatic rings. The summed E-state index contributed by atoms with van der Waals surface area (Å²) in [5.74, 6) is -0.168. The third-order valence-electron chi connectivity index (χ3n) is 16.9. The Morgan fingerprint density at radius 3 is 0.951 bits per heavy atom. The van der Waals surface area contributed by atoms with Gasteiger partial charge in [-0.15, -0.1) is 0 Å². The Hall–Kier alpha value is -1.02. The number of likely N-dealkylation sites (N-methyl/N-ethyl adjacent to an activating group) is 1. The molecule has 3 unspecified atom stereocenters. The number of carbonyl (C=O) groups excluding carboxylic acids is 1. The molecule has 81 heavy (non-hydrogen) atoms. The topological polar surface area (TPSA) is 105 Å². The van der Waals surface area contributed by atoms with Crippen LogP contribution in [0.5, 0.6) is 0 Å². The fraction of sp³-hybridized carbons (Fsp3) is 0.931. The van der Waals surface area contributed by atoms with Crippen molar-refractivity contribution in [2.24, 2.45) is 0 Å². The number of quaternary nitrogens is 1. The van der Waals surface area contributed by atoms with E-state index in [4.69, 9.17) is 9.05 Å². The zero-order chi connectivity index (χ0) is 59.1. The van der Waals surface area contributed by atoms with Gasteiger partial charge in [-0.25, -0.2) is 4.57 Å². The van der Waals surface area contributed by atoms with E-state index in [0.29, 0.717) is 17.4 Å². The van der Waals surface area contributed by atoms with Crippen LogP contribution in [-0.4, -0.2) is 73.4 Å². The molecule has 0 saturated heterocycles. The SMILES string of the molecule is CCCCCCCCCC/C=C\CCCCCCCCCCCCCCCCCCCCCCCCCCCCCCCC(=O)NC(COP(=O)(O)OCC[N+](C)(C)C)C(O)/C=C/CCCCCCCCCCCCCCCCCC. The number of carbonyl (C=O) groups is 1. The van der Waals surface area contributed by atoms with Gasteiger partial charge in [0.1, 0.15) is 13.2 Å². The number of phosphoric ester groups is 1. The van der Waals surface area contributed by atoms with E-state index in [2.05, 4.69) is 31.3 Å². The van der Waals surface area contributed by atoms with Crippen LogP contribution in [0.1, 0.15) is 380 Å². The number of phosphoric acid groups is 1. The number of nitrogens with one attached hydrogen (secondary N) is 1. The van der Waals surface area contributed by atoms with E-state index < -0.39 is 20.0 Å². The third-order valence-corrected chi connectivity index (χ3v) is 17.9. The maximum atomic E-state index is 13.0. The van der Waals surface area contributed by atoms with Gasteiger partial charge < -0.3 is 19.8 Å². The third kappa shape index (κ3) is 66.4. The number of allylic oxidation sites excluding steroid dienone is 3. The van der Waals surface area contributed by atoms with Gasteiger partial charge in [0.2, 0.25) is 5.91 Å². The smallest absolute Gasteiger partial charge is 0.387 e. The lowest BCUT2D eigenvalue weighted by molar-refractivity contribution is -0.870. The summed E-state index contributed by atoms with van der Waals surface area (Å²) >= 11 is 0. The molecule has 0 aromatic rings. The summed E-state index contributed by atoms with van der Waals surface area (Å²) in [5, 5.41) is 14.0. The lowest BCUT2D eigenvalue weighted by Gasteiger charge is -2.25. The van der Waals surface area contributed by atoms with Crippen molar-refractivity contribution in [3.05, 3.63) is 24.3 Å².